The Labute approximate surface area is 328 Å². The first-order valence-corrected chi connectivity index (χ1v) is 21.2. The summed E-state index contributed by atoms with van der Waals surface area (Å²) >= 11 is 0. The predicted octanol–water partition coefficient (Wildman–Crippen LogP) is 8.22. The van der Waals surface area contributed by atoms with Crippen LogP contribution in [0.1, 0.15) is 149 Å². The summed E-state index contributed by atoms with van der Waals surface area (Å²) < 4.78 is 11.2. The van der Waals surface area contributed by atoms with Crippen molar-refractivity contribution in [2.24, 2.45) is 0 Å². The Morgan fingerprint density at radius 3 is 1.78 bits per heavy atom. The van der Waals surface area contributed by atoms with E-state index in [1.807, 2.05) is 6.08 Å². The van der Waals surface area contributed by atoms with E-state index in [-0.39, 0.29) is 12.5 Å². The summed E-state index contributed by atoms with van der Waals surface area (Å²) in [6.07, 6.45) is 39.4. The molecule has 0 saturated carbocycles. The Kier molecular flexibility index (Phi) is 32.2. The number of ether oxygens (including phenoxy) is 2. The van der Waals surface area contributed by atoms with Gasteiger partial charge in [0.15, 0.2) is 6.29 Å². The van der Waals surface area contributed by atoms with Crippen molar-refractivity contribution in [3.8, 4) is 0 Å². The molecule has 7 atom stereocenters. The molecule has 1 rings (SSSR count). The van der Waals surface area contributed by atoms with Crippen LogP contribution in [0, 0.1) is 0 Å². The predicted molar refractivity (Wildman–Crippen MR) is 221 cm³/mol. The number of amides is 1. The van der Waals surface area contributed by atoms with Gasteiger partial charge in [-0.05, 0) is 77.0 Å². The van der Waals surface area contributed by atoms with Gasteiger partial charge in [-0.15, -0.1) is 0 Å². The van der Waals surface area contributed by atoms with Crippen molar-refractivity contribution < 1.29 is 39.8 Å². The molecule has 1 aliphatic heterocycles. The topological polar surface area (TPSA) is 149 Å². The molecule has 0 spiro atoms. The molecule has 0 aromatic heterocycles. The van der Waals surface area contributed by atoms with Gasteiger partial charge in [0.05, 0.1) is 25.4 Å². The van der Waals surface area contributed by atoms with E-state index in [1.54, 1.807) is 6.08 Å². The van der Waals surface area contributed by atoms with Crippen LogP contribution in [0.5, 0.6) is 0 Å². The highest BCUT2D eigenvalue weighted by molar-refractivity contribution is 5.76. The van der Waals surface area contributed by atoms with Gasteiger partial charge in [-0.2, -0.15) is 0 Å². The van der Waals surface area contributed by atoms with E-state index < -0.39 is 49.5 Å². The van der Waals surface area contributed by atoms with Crippen molar-refractivity contribution in [1.82, 2.24) is 5.32 Å². The van der Waals surface area contributed by atoms with Crippen molar-refractivity contribution in [3.63, 3.8) is 0 Å². The Morgan fingerprint density at radius 1 is 0.648 bits per heavy atom. The molecule has 1 saturated heterocycles. The lowest BCUT2D eigenvalue weighted by atomic mass is 9.99. The number of hydrogen-bond acceptors (Lipinski definition) is 8. The second-order valence-corrected chi connectivity index (χ2v) is 14.4. The highest BCUT2D eigenvalue weighted by Gasteiger charge is 2.44. The molecule has 7 unspecified atom stereocenters. The van der Waals surface area contributed by atoms with Crippen LogP contribution < -0.4 is 5.32 Å². The van der Waals surface area contributed by atoms with Gasteiger partial charge < -0.3 is 40.3 Å². The molecule has 0 radical (unpaired) electrons. The van der Waals surface area contributed by atoms with Crippen LogP contribution in [-0.2, 0) is 14.3 Å². The molecule has 0 aliphatic carbocycles. The zero-order valence-corrected chi connectivity index (χ0v) is 33.7. The third kappa shape index (κ3) is 25.7. The second-order valence-electron chi connectivity index (χ2n) is 14.4. The van der Waals surface area contributed by atoms with Gasteiger partial charge in [-0.1, -0.05) is 138 Å². The van der Waals surface area contributed by atoms with E-state index in [0.717, 1.165) is 89.9 Å². The maximum absolute atomic E-state index is 12.9. The summed E-state index contributed by atoms with van der Waals surface area (Å²) in [4.78, 5) is 12.9. The van der Waals surface area contributed by atoms with Crippen molar-refractivity contribution in [3.05, 3.63) is 72.9 Å². The highest BCUT2D eigenvalue weighted by Crippen LogP contribution is 2.22. The average Bonchev–Trinajstić information content (AvgIpc) is 3.17. The third-order valence-electron chi connectivity index (χ3n) is 9.49. The molecular weight excluding hydrogens is 682 g/mol. The first kappa shape index (κ1) is 49.6. The maximum Gasteiger partial charge on any atom is 0.220 e. The molecule has 0 bridgehead atoms. The van der Waals surface area contributed by atoms with Gasteiger partial charge in [0.1, 0.15) is 24.4 Å². The zero-order chi connectivity index (χ0) is 39.5. The van der Waals surface area contributed by atoms with E-state index in [0.29, 0.717) is 6.42 Å². The fourth-order valence-corrected chi connectivity index (χ4v) is 6.08. The second kappa shape index (κ2) is 35.1. The highest BCUT2D eigenvalue weighted by atomic mass is 16.7. The molecule has 9 heteroatoms. The minimum absolute atomic E-state index is 0.213. The van der Waals surface area contributed by atoms with Gasteiger partial charge in [-0.25, -0.2) is 0 Å². The van der Waals surface area contributed by atoms with Gasteiger partial charge in [-0.3, -0.25) is 4.79 Å². The quantitative estimate of drug-likeness (QED) is 0.0290. The summed E-state index contributed by atoms with van der Waals surface area (Å²) in [7, 11) is 0. The standard InChI is InChI=1S/C45H77NO8/c1-3-5-7-9-11-13-15-17-19-21-22-24-26-28-30-32-34-39(48)38(37-53-45-44(52)43(51)42(50)40(36-47)54-45)46-41(49)35-33-31-29-27-25-23-20-18-16-14-12-10-8-6-4-2/h6,8,12,14,17-20,24,26,32,34,38-40,42-45,47-48,50-52H,3-5,7,9-11,13,15-16,21-23,25,27-31,33,35-37H2,1-2H3,(H,46,49)/b8-6-,14-12-,19-17+,20-18-,26-24+,34-32+. The van der Waals surface area contributed by atoms with Crippen LogP contribution in [0.2, 0.25) is 0 Å². The molecule has 0 aromatic carbocycles. The molecule has 1 heterocycles. The molecular formula is C45H77NO8. The third-order valence-corrected chi connectivity index (χ3v) is 9.49. The van der Waals surface area contributed by atoms with Gasteiger partial charge in [0.25, 0.3) is 0 Å². The number of rotatable bonds is 33. The van der Waals surface area contributed by atoms with Crippen molar-refractivity contribution in [2.75, 3.05) is 13.2 Å². The van der Waals surface area contributed by atoms with Crippen molar-refractivity contribution in [1.29, 1.82) is 0 Å². The molecule has 1 fully saturated rings. The minimum atomic E-state index is -1.58. The number of nitrogens with one attached hydrogen (secondary N) is 1. The van der Waals surface area contributed by atoms with Crippen LogP contribution >= 0.6 is 0 Å². The SMILES string of the molecule is CC/C=C\C/C=C\C/C=C\CCCCCCCC(=O)NC(COC1OC(CO)C(O)C(O)C1O)C(O)/C=C/CC/C=C/CC/C=C/CCCCCCCC. The maximum atomic E-state index is 12.9. The fourth-order valence-electron chi connectivity index (χ4n) is 6.08. The summed E-state index contributed by atoms with van der Waals surface area (Å²) in [5.74, 6) is -0.213. The zero-order valence-electron chi connectivity index (χ0n) is 33.7. The lowest BCUT2D eigenvalue weighted by Gasteiger charge is -2.40. The normalized spacial score (nSPS) is 22.2. The van der Waals surface area contributed by atoms with Gasteiger partial charge in [0, 0.05) is 6.42 Å². The summed E-state index contributed by atoms with van der Waals surface area (Å²) in [6.45, 7) is 3.59. The summed E-state index contributed by atoms with van der Waals surface area (Å²) in [5.41, 5.74) is 0. The molecule has 1 amide bonds. The Balaban J connectivity index is 2.47. The monoisotopic (exact) mass is 760 g/mol. The van der Waals surface area contributed by atoms with Crippen LogP contribution in [0.25, 0.3) is 0 Å². The number of unbranched alkanes of at least 4 members (excludes halogenated alkanes) is 13. The van der Waals surface area contributed by atoms with E-state index in [9.17, 15) is 30.3 Å². The number of aliphatic hydroxyl groups is 5. The average molecular weight is 760 g/mol. The van der Waals surface area contributed by atoms with Gasteiger partial charge >= 0.3 is 0 Å². The van der Waals surface area contributed by atoms with Crippen LogP contribution in [0.4, 0.5) is 0 Å². The number of carbonyl (C=O) groups is 1. The van der Waals surface area contributed by atoms with Crippen molar-refractivity contribution in [2.45, 2.75) is 192 Å². The lowest BCUT2D eigenvalue weighted by molar-refractivity contribution is -0.302. The fraction of sp³-hybridized carbons (Fsp3) is 0.711. The largest absolute Gasteiger partial charge is 0.394 e. The summed E-state index contributed by atoms with van der Waals surface area (Å²) in [6, 6.07) is -0.839. The van der Waals surface area contributed by atoms with E-state index in [4.69, 9.17) is 9.47 Å². The van der Waals surface area contributed by atoms with Crippen LogP contribution in [0.15, 0.2) is 72.9 Å². The van der Waals surface area contributed by atoms with E-state index in [1.165, 1.54) is 38.5 Å². The van der Waals surface area contributed by atoms with Gasteiger partial charge in [0.2, 0.25) is 5.91 Å². The Bertz CT molecular complexity index is 1070. The molecule has 54 heavy (non-hydrogen) atoms. The molecule has 1 aliphatic rings. The van der Waals surface area contributed by atoms with E-state index >= 15 is 0 Å². The van der Waals surface area contributed by atoms with E-state index in [2.05, 4.69) is 79.9 Å². The lowest BCUT2D eigenvalue weighted by Crippen LogP contribution is -2.60. The molecule has 0 aromatic rings. The Morgan fingerprint density at radius 2 is 1.17 bits per heavy atom. The molecule has 310 valence electrons. The first-order chi connectivity index (χ1) is 26.3. The first-order valence-electron chi connectivity index (χ1n) is 21.2. The number of hydrogen-bond donors (Lipinski definition) is 6. The smallest absolute Gasteiger partial charge is 0.220 e. The minimum Gasteiger partial charge on any atom is -0.394 e. The molecule has 9 nitrogen and oxygen atoms in total. The number of aliphatic hydroxyl groups excluding tert-OH is 5. The van der Waals surface area contributed by atoms with Crippen LogP contribution in [0.3, 0.4) is 0 Å². The number of allylic oxidation sites excluding steroid dienone is 11. The number of carbonyl (C=O) groups excluding carboxylic acids is 1. The van der Waals surface area contributed by atoms with Crippen LogP contribution in [-0.4, -0.2) is 87.5 Å². The summed E-state index contributed by atoms with van der Waals surface area (Å²) in [5, 5.41) is 54.0. The molecule has 6 N–H and O–H groups in total. The van der Waals surface area contributed by atoms with Crippen molar-refractivity contribution >= 4 is 5.91 Å². The Hall–Kier alpha value is -2.37.